The fourth-order valence-electron chi connectivity index (χ4n) is 8.85. The maximum atomic E-state index is 13.1. The smallest absolute Gasteiger partial charge is 0.315 e. The van der Waals surface area contributed by atoms with E-state index in [0.717, 1.165) is 50.0 Å². The lowest BCUT2D eigenvalue weighted by Gasteiger charge is -2.16. The molecular weight excluding hydrogens is 1010 g/mol. The number of carbonyl (C=O) groups excluding carboxylic acids is 7. The molecule has 6 unspecified atom stereocenters. The Hall–Kier alpha value is -4.43. The third kappa shape index (κ3) is 24.2. The second-order valence-corrected chi connectivity index (χ2v) is 21.2. The number of carbonyl (C=O) groups is 7. The van der Waals surface area contributed by atoms with E-state index in [1.165, 1.54) is 18.2 Å². The van der Waals surface area contributed by atoms with Crippen LogP contribution >= 0.6 is 23.5 Å². The molecule has 9 N–H and O–H groups in total. The highest BCUT2D eigenvalue weighted by Crippen LogP contribution is 2.34. The van der Waals surface area contributed by atoms with Gasteiger partial charge >= 0.3 is 12.1 Å². The number of rotatable bonds is 42. The van der Waals surface area contributed by atoms with E-state index in [0.29, 0.717) is 161 Å². The molecule has 9 amide bonds. The van der Waals surface area contributed by atoms with Crippen LogP contribution in [0.3, 0.4) is 0 Å². The van der Waals surface area contributed by atoms with Gasteiger partial charge < -0.3 is 76.3 Å². The monoisotopic (exact) mass is 1090 g/mol. The van der Waals surface area contributed by atoms with Crippen LogP contribution in [0.2, 0.25) is 0 Å². The van der Waals surface area contributed by atoms with Crippen LogP contribution in [0.1, 0.15) is 115 Å². The zero-order valence-electron chi connectivity index (χ0n) is 43.7. The zero-order valence-corrected chi connectivity index (χ0v) is 45.4. The van der Waals surface area contributed by atoms with Crippen molar-refractivity contribution in [2.24, 2.45) is 0 Å². The number of fused-ring (bicyclic) bond motifs is 2. The summed E-state index contributed by atoms with van der Waals surface area (Å²) in [4.78, 5) is 86.3. The van der Waals surface area contributed by atoms with E-state index in [1.807, 2.05) is 23.5 Å². The number of hydrogen-bond acceptors (Lipinski definition) is 15. The van der Waals surface area contributed by atoms with Gasteiger partial charge in [-0.05, 0) is 76.5 Å². The molecule has 75 heavy (non-hydrogen) atoms. The van der Waals surface area contributed by atoms with Gasteiger partial charge in [0.25, 0.3) is 17.7 Å². The summed E-state index contributed by atoms with van der Waals surface area (Å²) in [5, 5.41) is 27.0. The molecule has 1 aromatic carbocycles. The van der Waals surface area contributed by atoms with E-state index in [4.69, 9.17) is 28.4 Å². The van der Waals surface area contributed by atoms with Gasteiger partial charge in [0, 0.05) is 111 Å². The number of urea groups is 2. The van der Waals surface area contributed by atoms with Crippen molar-refractivity contribution in [1.29, 1.82) is 0 Å². The van der Waals surface area contributed by atoms with Crippen LogP contribution in [0.4, 0.5) is 9.59 Å². The lowest BCUT2D eigenvalue weighted by Crippen LogP contribution is -2.36. The van der Waals surface area contributed by atoms with E-state index < -0.39 is 11.8 Å². The van der Waals surface area contributed by atoms with Gasteiger partial charge in [-0.2, -0.15) is 23.5 Å². The van der Waals surface area contributed by atoms with E-state index in [2.05, 4.69) is 47.9 Å². The van der Waals surface area contributed by atoms with Crippen molar-refractivity contribution in [3.05, 3.63) is 34.9 Å². The Balaban J connectivity index is 0.780. The molecule has 4 saturated heterocycles. The minimum atomic E-state index is -0.414. The Kier molecular flexibility index (Phi) is 30.0. The number of unbranched alkanes of at least 4 members (excludes halogenated alkanes) is 2. The minimum Gasteiger partial charge on any atom is -0.379 e. The standard InChI is InChI=1S/C51H83N9O13S2/c1-2-52-47(63)36-31-37(48(64)55-17-9-21-70-25-29-72-27-23-68-19-7-15-53-43(61)13-5-3-11-41-45-39(34-74-41)57-50(66)59-45)33-38(32-36)49(65)56-18-10-22-71-26-30-73-28-24-69-20-8-16-54-44(62)14-6-4-12-42-46-40(35-75-42)58-51(67)60-46/h31-33,39-42,45-46H,2-30,34-35H2,1H3,(H,52,63)(H,53,61)(H,54,62)(H,55,64)(H,56,65)(H2,57,59,66)(H2,58,60,67). The van der Waals surface area contributed by atoms with Crippen LogP contribution in [-0.4, -0.2) is 200 Å². The van der Waals surface area contributed by atoms with Gasteiger partial charge in [-0.15, -0.1) is 0 Å². The van der Waals surface area contributed by atoms with E-state index in [1.54, 1.807) is 6.92 Å². The first kappa shape index (κ1) is 61.4. The van der Waals surface area contributed by atoms with Gasteiger partial charge in [0.1, 0.15) is 0 Å². The first-order valence-corrected chi connectivity index (χ1v) is 29.1. The summed E-state index contributed by atoms with van der Waals surface area (Å²) >= 11 is 3.78. The zero-order chi connectivity index (χ0) is 53.3. The number of nitrogens with one attached hydrogen (secondary N) is 9. The summed E-state index contributed by atoms with van der Waals surface area (Å²) in [6.45, 7) is 9.07. The Morgan fingerprint density at radius 3 is 1.15 bits per heavy atom. The second-order valence-electron chi connectivity index (χ2n) is 18.7. The molecule has 24 heteroatoms. The minimum absolute atomic E-state index is 0.0477. The normalized spacial score (nSPS) is 20.3. The Morgan fingerprint density at radius 2 is 0.787 bits per heavy atom. The van der Waals surface area contributed by atoms with Crippen LogP contribution in [0.25, 0.3) is 0 Å². The topological polar surface area (TPSA) is 283 Å². The summed E-state index contributed by atoms with van der Waals surface area (Å²) in [5.74, 6) is 0.763. The number of ether oxygens (including phenoxy) is 6. The molecule has 0 bridgehead atoms. The lowest BCUT2D eigenvalue weighted by atomic mass is 10.0. The highest BCUT2D eigenvalue weighted by atomic mass is 32.2. The van der Waals surface area contributed by atoms with Crippen molar-refractivity contribution in [2.45, 2.75) is 119 Å². The molecule has 1 aromatic rings. The number of hydrogen-bond donors (Lipinski definition) is 9. The van der Waals surface area contributed by atoms with E-state index in [9.17, 15) is 33.6 Å². The number of thioether (sulfide) groups is 2. The van der Waals surface area contributed by atoms with E-state index in [-0.39, 0.29) is 70.6 Å². The average molecular weight is 1090 g/mol. The van der Waals surface area contributed by atoms with Crippen LogP contribution in [0.15, 0.2) is 18.2 Å². The van der Waals surface area contributed by atoms with Gasteiger partial charge in [0.2, 0.25) is 11.8 Å². The van der Waals surface area contributed by atoms with Crippen LogP contribution in [0.5, 0.6) is 0 Å². The van der Waals surface area contributed by atoms with Crippen molar-refractivity contribution < 1.29 is 62.0 Å². The largest absolute Gasteiger partial charge is 0.379 e. The molecule has 22 nitrogen and oxygen atoms in total. The van der Waals surface area contributed by atoms with Gasteiger partial charge in [-0.25, -0.2) is 9.59 Å². The van der Waals surface area contributed by atoms with Crippen LogP contribution in [0, 0.1) is 0 Å². The average Bonchev–Trinajstić information content (AvgIpc) is 4.17. The second kappa shape index (κ2) is 36.6. The van der Waals surface area contributed by atoms with Gasteiger partial charge in [-0.3, -0.25) is 24.0 Å². The fraction of sp³-hybridized carbons (Fsp3) is 0.745. The molecule has 6 atom stereocenters. The molecule has 4 heterocycles. The molecule has 4 aliphatic rings. The van der Waals surface area contributed by atoms with Gasteiger partial charge in [-0.1, -0.05) is 12.8 Å². The Morgan fingerprint density at radius 1 is 0.453 bits per heavy atom. The number of benzene rings is 1. The summed E-state index contributed by atoms with van der Waals surface area (Å²) in [5.41, 5.74) is 0.590. The number of amides is 9. The van der Waals surface area contributed by atoms with Gasteiger partial charge in [0.05, 0.1) is 77.0 Å². The van der Waals surface area contributed by atoms with Crippen LogP contribution < -0.4 is 47.9 Å². The fourth-order valence-corrected chi connectivity index (χ4v) is 11.9. The van der Waals surface area contributed by atoms with Crippen molar-refractivity contribution in [3.63, 3.8) is 0 Å². The summed E-state index contributed by atoms with van der Waals surface area (Å²) in [7, 11) is 0. The lowest BCUT2D eigenvalue weighted by molar-refractivity contribution is -0.122. The highest BCUT2D eigenvalue weighted by molar-refractivity contribution is 8.00. The van der Waals surface area contributed by atoms with Crippen molar-refractivity contribution in [3.8, 4) is 0 Å². The quantitative estimate of drug-likeness (QED) is 0.0336. The molecule has 0 aliphatic carbocycles. The molecule has 0 radical (unpaired) electrons. The van der Waals surface area contributed by atoms with E-state index >= 15 is 0 Å². The third-order valence-electron chi connectivity index (χ3n) is 12.8. The summed E-state index contributed by atoms with van der Waals surface area (Å²) in [6, 6.07) is 5.11. The molecule has 4 fully saturated rings. The predicted molar refractivity (Wildman–Crippen MR) is 286 cm³/mol. The first-order valence-electron chi connectivity index (χ1n) is 27.0. The predicted octanol–water partition coefficient (Wildman–Crippen LogP) is 2.24. The van der Waals surface area contributed by atoms with Crippen LogP contribution in [-0.2, 0) is 38.0 Å². The third-order valence-corrected chi connectivity index (χ3v) is 15.8. The molecule has 0 aromatic heterocycles. The highest BCUT2D eigenvalue weighted by Gasteiger charge is 2.43. The molecule has 4 aliphatic heterocycles. The molecule has 0 spiro atoms. The van der Waals surface area contributed by atoms with Crippen molar-refractivity contribution in [2.75, 3.05) is 124 Å². The molecular formula is C51H83N9O13S2. The summed E-state index contributed by atoms with van der Waals surface area (Å²) < 4.78 is 33.6. The summed E-state index contributed by atoms with van der Waals surface area (Å²) in [6.07, 6.45) is 9.08. The first-order chi connectivity index (χ1) is 36.6. The Labute approximate surface area is 450 Å². The Bertz CT molecular complexity index is 1810. The maximum absolute atomic E-state index is 13.1. The van der Waals surface area contributed by atoms with Gasteiger partial charge in [0.15, 0.2) is 0 Å². The van der Waals surface area contributed by atoms with Crippen molar-refractivity contribution in [1.82, 2.24) is 47.9 Å². The molecule has 5 rings (SSSR count). The molecule has 422 valence electrons. The maximum Gasteiger partial charge on any atom is 0.315 e. The molecule has 0 saturated carbocycles. The van der Waals surface area contributed by atoms with Crippen molar-refractivity contribution >= 4 is 65.1 Å². The SMILES string of the molecule is CCNC(=O)c1cc(C(=O)NCCCOCCOCCOCCCNC(=O)CCCCC2SCC3NC(=O)NC32)cc(C(=O)NCCCOCCOCCOCCCNC(=O)CCCCC2SCC3NC(=O)NC32)c1.